The van der Waals surface area contributed by atoms with Crippen molar-refractivity contribution in [2.24, 2.45) is 5.41 Å². The molecule has 0 aliphatic heterocycles. The van der Waals surface area contributed by atoms with Crippen molar-refractivity contribution in [2.45, 2.75) is 52.8 Å². The van der Waals surface area contributed by atoms with Crippen LogP contribution in [0.1, 0.15) is 45.9 Å². The van der Waals surface area contributed by atoms with Gasteiger partial charge in [-0.3, -0.25) is 0 Å². The van der Waals surface area contributed by atoms with Crippen molar-refractivity contribution >= 4 is 0 Å². The first-order chi connectivity index (χ1) is 8.45. The molecule has 0 bridgehead atoms. The van der Waals surface area contributed by atoms with Crippen molar-refractivity contribution in [2.75, 3.05) is 14.2 Å². The molecular formula is C13H26N4O. The van der Waals surface area contributed by atoms with Gasteiger partial charge in [0.15, 0.2) is 0 Å². The van der Waals surface area contributed by atoms with Crippen LogP contribution in [-0.2, 0) is 11.3 Å². The number of aryl methyl sites for hydroxylation is 1. The van der Waals surface area contributed by atoms with Crippen LogP contribution in [0.3, 0.4) is 0 Å². The second-order valence-corrected chi connectivity index (χ2v) is 5.67. The molecule has 0 saturated heterocycles. The van der Waals surface area contributed by atoms with E-state index in [2.05, 4.69) is 43.3 Å². The molecule has 5 heteroatoms. The van der Waals surface area contributed by atoms with E-state index in [0.717, 1.165) is 18.7 Å². The maximum Gasteiger partial charge on any atom is 0.0829 e. The van der Waals surface area contributed by atoms with Gasteiger partial charge in [0.2, 0.25) is 0 Å². The Bertz CT molecular complexity index is 356. The fraction of sp³-hybridized carbons (Fsp3) is 0.846. The number of hydrogen-bond donors (Lipinski definition) is 1. The van der Waals surface area contributed by atoms with E-state index in [4.69, 9.17) is 4.74 Å². The fourth-order valence-electron chi connectivity index (χ4n) is 2.34. The normalized spacial score (nSPS) is 15.7. The Labute approximate surface area is 110 Å². The van der Waals surface area contributed by atoms with Crippen LogP contribution in [-0.4, -0.2) is 35.3 Å². The smallest absolute Gasteiger partial charge is 0.0829 e. The lowest BCUT2D eigenvalue weighted by Crippen LogP contribution is -2.41. The molecule has 0 radical (unpaired) electrons. The molecule has 104 valence electrons. The predicted octanol–water partition coefficient (Wildman–Crippen LogP) is 2.01. The summed E-state index contributed by atoms with van der Waals surface area (Å²) in [6.45, 7) is 9.56. The topological polar surface area (TPSA) is 52.0 Å². The van der Waals surface area contributed by atoms with Gasteiger partial charge in [0.1, 0.15) is 0 Å². The van der Waals surface area contributed by atoms with Gasteiger partial charge >= 0.3 is 0 Å². The van der Waals surface area contributed by atoms with Gasteiger partial charge in [0.05, 0.1) is 24.0 Å². The molecule has 2 atom stereocenters. The van der Waals surface area contributed by atoms with Crippen LogP contribution in [0.15, 0.2) is 6.20 Å². The number of rotatable bonds is 6. The van der Waals surface area contributed by atoms with Crippen molar-refractivity contribution in [3.05, 3.63) is 11.9 Å². The molecule has 1 heterocycles. The Morgan fingerprint density at radius 2 is 2.11 bits per heavy atom. The largest absolute Gasteiger partial charge is 0.379 e. The minimum Gasteiger partial charge on any atom is -0.379 e. The Morgan fingerprint density at radius 1 is 1.44 bits per heavy atom. The number of nitrogens with zero attached hydrogens (tertiary/aromatic N) is 3. The third-order valence-electron chi connectivity index (χ3n) is 3.12. The van der Waals surface area contributed by atoms with Crippen LogP contribution < -0.4 is 5.32 Å². The van der Waals surface area contributed by atoms with Crippen LogP contribution in [0.4, 0.5) is 0 Å². The van der Waals surface area contributed by atoms with Gasteiger partial charge in [-0.1, -0.05) is 32.9 Å². The molecule has 1 rings (SSSR count). The Morgan fingerprint density at radius 3 is 2.56 bits per heavy atom. The van der Waals surface area contributed by atoms with Crippen LogP contribution in [0.25, 0.3) is 0 Å². The average Bonchev–Trinajstić information content (AvgIpc) is 2.72. The van der Waals surface area contributed by atoms with E-state index >= 15 is 0 Å². The lowest BCUT2D eigenvalue weighted by atomic mass is 9.83. The van der Waals surface area contributed by atoms with Gasteiger partial charge in [-0.05, 0) is 18.9 Å². The molecule has 18 heavy (non-hydrogen) atoms. The molecule has 0 fully saturated rings. The van der Waals surface area contributed by atoms with Crippen LogP contribution in [0.5, 0.6) is 0 Å². The fourth-order valence-corrected chi connectivity index (χ4v) is 2.34. The first-order valence-corrected chi connectivity index (χ1v) is 6.54. The maximum absolute atomic E-state index is 5.69. The second kappa shape index (κ2) is 6.29. The van der Waals surface area contributed by atoms with E-state index in [0.29, 0.717) is 0 Å². The maximum atomic E-state index is 5.69. The standard InChI is InChI=1S/C13H26N4O/c1-7-8-17-10(9-15-16-17)11(14-5)12(18-6)13(2,3)4/h9,11-12,14H,7-8H2,1-6H3. The van der Waals surface area contributed by atoms with Crippen molar-refractivity contribution in [1.82, 2.24) is 20.3 Å². The molecule has 0 aliphatic carbocycles. The van der Waals surface area contributed by atoms with Crippen LogP contribution in [0, 0.1) is 5.41 Å². The van der Waals surface area contributed by atoms with Gasteiger partial charge in [0.25, 0.3) is 0 Å². The molecule has 1 aromatic rings. The molecule has 2 unspecified atom stereocenters. The first-order valence-electron chi connectivity index (χ1n) is 6.54. The molecule has 0 aromatic carbocycles. The van der Waals surface area contributed by atoms with Gasteiger partial charge in [-0.2, -0.15) is 0 Å². The van der Waals surface area contributed by atoms with E-state index in [1.54, 1.807) is 7.11 Å². The molecule has 0 saturated carbocycles. The summed E-state index contributed by atoms with van der Waals surface area (Å²) in [6.07, 6.45) is 2.94. The summed E-state index contributed by atoms with van der Waals surface area (Å²) in [6, 6.07) is 0.0940. The lowest BCUT2D eigenvalue weighted by molar-refractivity contribution is -0.0122. The number of hydrogen-bond acceptors (Lipinski definition) is 4. The van der Waals surface area contributed by atoms with Crippen molar-refractivity contribution in [3.63, 3.8) is 0 Å². The Hall–Kier alpha value is -0.940. The van der Waals surface area contributed by atoms with Crippen LogP contribution >= 0.6 is 0 Å². The van der Waals surface area contributed by atoms with E-state index in [1.165, 1.54) is 0 Å². The number of aromatic nitrogens is 3. The van der Waals surface area contributed by atoms with E-state index in [-0.39, 0.29) is 17.6 Å². The van der Waals surface area contributed by atoms with Crippen molar-refractivity contribution < 1.29 is 4.74 Å². The van der Waals surface area contributed by atoms with E-state index in [1.807, 2.05) is 17.9 Å². The molecule has 1 aromatic heterocycles. The third-order valence-corrected chi connectivity index (χ3v) is 3.12. The summed E-state index contributed by atoms with van der Waals surface area (Å²) in [5, 5.41) is 11.5. The summed E-state index contributed by atoms with van der Waals surface area (Å²) in [5.74, 6) is 0. The molecule has 1 N–H and O–H groups in total. The lowest BCUT2D eigenvalue weighted by Gasteiger charge is -2.35. The van der Waals surface area contributed by atoms with Crippen molar-refractivity contribution in [1.29, 1.82) is 0 Å². The molecule has 0 amide bonds. The summed E-state index contributed by atoms with van der Waals surface area (Å²) in [7, 11) is 3.71. The molecular weight excluding hydrogens is 228 g/mol. The molecule has 0 spiro atoms. The summed E-state index contributed by atoms with van der Waals surface area (Å²) >= 11 is 0. The number of likely N-dealkylation sites (N-methyl/N-ethyl adjacent to an activating group) is 1. The predicted molar refractivity (Wildman–Crippen MR) is 72.4 cm³/mol. The molecule has 5 nitrogen and oxygen atoms in total. The summed E-state index contributed by atoms with van der Waals surface area (Å²) < 4.78 is 7.65. The quantitative estimate of drug-likeness (QED) is 0.843. The summed E-state index contributed by atoms with van der Waals surface area (Å²) in [5.41, 5.74) is 1.13. The number of ether oxygens (including phenoxy) is 1. The van der Waals surface area contributed by atoms with E-state index in [9.17, 15) is 0 Å². The average molecular weight is 254 g/mol. The highest BCUT2D eigenvalue weighted by Crippen LogP contribution is 2.31. The number of methoxy groups -OCH3 is 1. The minimum atomic E-state index is 0.0454. The van der Waals surface area contributed by atoms with Gasteiger partial charge in [0, 0.05) is 13.7 Å². The Kier molecular flexibility index (Phi) is 5.28. The SMILES string of the molecule is CCCn1nncc1C(NC)C(OC)C(C)(C)C. The highest BCUT2D eigenvalue weighted by atomic mass is 16.5. The second-order valence-electron chi connectivity index (χ2n) is 5.67. The summed E-state index contributed by atoms with van der Waals surface area (Å²) in [4.78, 5) is 0. The zero-order valence-corrected chi connectivity index (χ0v) is 12.4. The third kappa shape index (κ3) is 3.29. The zero-order valence-electron chi connectivity index (χ0n) is 12.4. The van der Waals surface area contributed by atoms with Crippen LogP contribution in [0.2, 0.25) is 0 Å². The highest BCUT2D eigenvalue weighted by Gasteiger charge is 2.34. The van der Waals surface area contributed by atoms with Gasteiger partial charge in [-0.25, -0.2) is 4.68 Å². The van der Waals surface area contributed by atoms with Gasteiger partial charge < -0.3 is 10.1 Å². The zero-order chi connectivity index (χ0) is 13.8. The van der Waals surface area contributed by atoms with E-state index < -0.39 is 0 Å². The monoisotopic (exact) mass is 254 g/mol. The minimum absolute atomic E-state index is 0.0454. The van der Waals surface area contributed by atoms with Crippen molar-refractivity contribution in [3.8, 4) is 0 Å². The first kappa shape index (κ1) is 15.1. The Balaban J connectivity index is 3.04. The number of nitrogens with one attached hydrogen (secondary N) is 1. The van der Waals surface area contributed by atoms with Gasteiger partial charge in [-0.15, -0.1) is 5.10 Å². The molecule has 0 aliphatic rings. The highest BCUT2D eigenvalue weighted by molar-refractivity contribution is 5.07.